The number of para-hydroxylation sites is 1. The van der Waals surface area contributed by atoms with Crippen LogP contribution in [-0.2, 0) is 9.59 Å². The molecule has 5 nitrogen and oxygen atoms in total. The highest BCUT2D eigenvalue weighted by molar-refractivity contribution is 7.80. The van der Waals surface area contributed by atoms with Gasteiger partial charge in [0.05, 0.1) is 5.69 Å². The minimum absolute atomic E-state index is 0.0538. The summed E-state index contributed by atoms with van der Waals surface area (Å²) in [6.07, 6.45) is 1.34. The lowest BCUT2D eigenvalue weighted by molar-refractivity contribution is -0.122. The van der Waals surface area contributed by atoms with Crippen LogP contribution < -0.4 is 15.0 Å². The van der Waals surface area contributed by atoms with E-state index in [0.717, 1.165) is 12.1 Å². The van der Waals surface area contributed by atoms with Crippen molar-refractivity contribution in [3.63, 3.8) is 0 Å². The van der Waals surface area contributed by atoms with Crippen LogP contribution in [0.5, 0.6) is 11.5 Å². The Morgan fingerprint density at radius 2 is 1.69 bits per heavy atom. The van der Waals surface area contributed by atoms with E-state index in [9.17, 15) is 18.4 Å². The molecule has 160 valence electrons. The second kappa shape index (κ2) is 8.86. The van der Waals surface area contributed by atoms with Crippen LogP contribution in [0.25, 0.3) is 6.08 Å². The zero-order valence-corrected chi connectivity index (χ0v) is 17.7. The maximum Gasteiger partial charge on any atom is 0.270 e. The van der Waals surface area contributed by atoms with Gasteiger partial charge in [-0.1, -0.05) is 29.8 Å². The van der Waals surface area contributed by atoms with Gasteiger partial charge in [0.1, 0.15) is 17.1 Å². The molecule has 0 bridgehead atoms. The number of anilines is 1. The van der Waals surface area contributed by atoms with E-state index in [1.807, 2.05) is 0 Å². The van der Waals surface area contributed by atoms with Crippen molar-refractivity contribution in [1.29, 1.82) is 0 Å². The third kappa shape index (κ3) is 4.37. The van der Waals surface area contributed by atoms with E-state index in [0.29, 0.717) is 16.3 Å². The summed E-state index contributed by atoms with van der Waals surface area (Å²) in [5, 5.41) is 2.91. The number of halogens is 3. The van der Waals surface area contributed by atoms with E-state index in [1.165, 1.54) is 17.0 Å². The molecule has 0 saturated carbocycles. The summed E-state index contributed by atoms with van der Waals surface area (Å²) in [7, 11) is 0. The molecule has 1 saturated heterocycles. The lowest BCUT2D eigenvalue weighted by Crippen LogP contribution is -2.54. The summed E-state index contributed by atoms with van der Waals surface area (Å²) in [6.45, 7) is 0. The third-order valence-electron chi connectivity index (χ3n) is 4.52. The van der Waals surface area contributed by atoms with Crippen molar-refractivity contribution in [2.45, 2.75) is 0 Å². The molecule has 0 aliphatic carbocycles. The van der Waals surface area contributed by atoms with Crippen molar-refractivity contribution < 1.29 is 23.1 Å². The number of hydrogen-bond acceptors (Lipinski definition) is 4. The van der Waals surface area contributed by atoms with E-state index < -0.39 is 23.4 Å². The van der Waals surface area contributed by atoms with Gasteiger partial charge in [0, 0.05) is 16.7 Å². The van der Waals surface area contributed by atoms with E-state index in [2.05, 4.69) is 5.32 Å². The Labute approximate surface area is 191 Å². The van der Waals surface area contributed by atoms with Crippen LogP contribution >= 0.6 is 23.8 Å². The Bertz CT molecular complexity index is 1280. The summed E-state index contributed by atoms with van der Waals surface area (Å²) in [5.41, 5.74) is 0.621. The average molecular weight is 471 g/mol. The molecule has 2 amide bonds. The number of carbonyl (C=O) groups is 2. The monoisotopic (exact) mass is 470 g/mol. The number of rotatable bonds is 4. The lowest BCUT2D eigenvalue weighted by Gasteiger charge is -2.29. The molecular formula is C23H13ClF2N2O3S. The Kier molecular flexibility index (Phi) is 5.98. The van der Waals surface area contributed by atoms with Crippen LogP contribution in [0.2, 0.25) is 5.02 Å². The minimum atomic E-state index is -1.06. The number of ether oxygens (including phenoxy) is 1. The SMILES string of the molecule is O=C1NC(=S)N(c2ccc(Cl)cc2)C(=O)/C1=C/c1ccccc1Oc1ccc(F)c(F)c1. The number of benzene rings is 3. The van der Waals surface area contributed by atoms with Gasteiger partial charge in [-0.25, -0.2) is 8.78 Å². The van der Waals surface area contributed by atoms with Gasteiger partial charge in [0.15, 0.2) is 16.7 Å². The fraction of sp³-hybridized carbons (Fsp3) is 0. The molecule has 0 aromatic heterocycles. The number of nitrogens with one attached hydrogen (secondary N) is 1. The summed E-state index contributed by atoms with van der Waals surface area (Å²) in [5.74, 6) is -3.09. The van der Waals surface area contributed by atoms with Crippen LogP contribution in [-0.4, -0.2) is 16.9 Å². The number of carbonyl (C=O) groups excluding carboxylic acids is 2. The molecule has 0 radical (unpaired) electrons. The average Bonchev–Trinajstić information content (AvgIpc) is 2.76. The van der Waals surface area contributed by atoms with Gasteiger partial charge in [-0.15, -0.1) is 0 Å². The van der Waals surface area contributed by atoms with Gasteiger partial charge >= 0.3 is 0 Å². The van der Waals surface area contributed by atoms with Crippen LogP contribution in [0.1, 0.15) is 5.56 Å². The maximum absolute atomic E-state index is 13.5. The fourth-order valence-electron chi connectivity index (χ4n) is 3.00. The van der Waals surface area contributed by atoms with Crippen LogP contribution in [0, 0.1) is 11.6 Å². The summed E-state index contributed by atoms with van der Waals surface area (Å²) in [6, 6.07) is 16.0. The molecule has 1 N–H and O–H groups in total. The van der Waals surface area contributed by atoms with Crippen LogP contribution in [0.4, 0.5) is 14.5 Å². The minimum Gasteiger partial charge on any atom is -0.457 e. The van der Waals surface area contributed by atoms with Gasteiger partial charge in [0.2, 0.25) is 0 Å². The summed E-state index contributed by atoms with van der Waals surface area (Å²) in [4.78, 5) is 26.8. The molecule has 1 aliphatic rings. The van der Waals surface area contributed by atoms with Crippen molar-refractivity contribution in [1.82, 2.24) is 5.32 Å². The highest BCUT2D eigenvalue weighted by Gasteiger charge is 2.34. The fourth-order valence-corrected chi connectivity index (χ4v) is 3.40. The molecule has 0 unspecified atom stereocenters. The molecule has 1 fully saturated rings. The topological polar surface area (TPSA) is 58.6 Å². The van der Waals surface area contributed by atoms with Gasteiger partial charge in [0.25, 0.3) is 11.8 Å². The Morgan fingerprint density at radius 3 is 2.41 bits per heavy atom. The highest BCUT2D eigenvalue weighted by Crippen LogP contribution is 2.30. The first-order valence-corrected chi connectivity index (χ1v) is 10.0. The first-order valence-electron chi connectivity index (χ1n) is 9.22. The molecule has 0 atom stereocenters. The summed E-state index contributed by atoms with van der Waals surface area (Å²) < 4.78 is 32.4. The largest absolute Gasteiger partial charge is 0.457 e. The van der Waals surface area contributed by atoms with E-state index >= 15 is 0 Å². The van der Waals surface area contributed by atoms with Crippen molar-refractivity contribution in [2.24, 2.45) is 0 Å². The first-order chi connectivity index (χ1) is 15.3. The quantitative estimate of drug-likeness (QED) is 0.322. The molecule has 9 heteroatoms. The van der Waals surface area contributed by atoms with E-state index in [4.69, 9.17) is 28.6 Å². The molecule has 32 heavy (non-hydrogen) atoms. The zero-order valence-electron chi connectivity index (χ0n) is 16.1. The van der Waals surface area contributed by atoms with Crippen molar-refractivity contribution in [3.05, 3.63) is 94.5 Å². The molecule has 1 heterocycles. The van der Waals surface area contributed by atoms with Crippen molar-refractivity contribution in [3.8, 4) is 11.5 Å². The third-order valence-corrected chi connectivity index (χ3v) is 5.06. The van der Waals surface area contributed by atoms with E-state index in [1.54, 1.807) is 48.5 Å². The molecule has 0 spiro atoms. The molecule has 3 aromatic rings. The molecule has 1 aliphatic heterocycles. The van der Waals surface area contributed by atoms with Crippen molar-refractivity contribution in [2.75, 3.05) is 4.90 Å². The normalized spacial score (nSPS) is 15.2. The predicted molar refractivity (Wildman–Crippen MR) is 121 cm³/mol. The first kappa shape index (κ1) is 21.6. The van der Waals surface area contributed by atoms with Crippen molar-refractivity contribution >= 4 is 52.5 Å². The lowest BCUT2D eigenvalue weighted by atomic mass is 10.1. The second-order valence-electron chi connectivity index (χ2n) is 6.65. The maximum atomic E-state index is 13.5. The number of hydrogen-bond donors (Lipinski definition) is 1. The van der Waals surface area contributed by atoms with Crippen LogP contribution in [0.3, 0.4) is 0 Å². The highest BCUT2D eigenvalue weighted by atomic mass is 35.5. The number of nitrogens with zero attached hydrogens (tertiary/aromatic N) is 1. The Morgan fingerprint density at radius 1 is 0.969 bits per heavy atom. The van der Waals surface area contributed by atoms with Gasteiger partial charge in [-0.3, -0.25) is 19.8 Å². The van der Waals surface area contributed by atoms with Crippen LogP contribution in [0.15, 0.2) is 72.3 Å². The molecule has 3 aromatic carbocycles. The Hall–Kier alpha value is -3.62. The zero-order chi connectivity index (χ0) is 22.8. The molecular weight excluding hydrogens is 458 g/mol. The smallest absolute Gasteiger partial charge is 0.270 e. The number of thiocarbonyl (C=S) groups is 1. The van der Waals surface area contributed by atoms with Gasteiger partial charge in [-0.2, -0.15) is 0 Å². The molecule has 4 rings (SSSR count). The van der Waals surface area contributed by atoms with Gasteiger partial charge < -0.3 is 4.74 Å². The van der Waals surface area contributed by atoms with Gasteiger partial charge in [-0.05, 0) is 60.8 Å². The predicted octanol–water partition coefficient (Wildman–Crippen LogP) is 5.24. The number of amides is 2. The second-order valence-corrected chi connectivity index (χ2v) is 7.47. The Balaban J connectivity index is 1.70. The standard InChI is InChI=1S/C23H13ClF2N2O3S/c24-14-5-7-15(8-6-14)28-22(30)17(21(29)27-23(28)32)11-13-3-1-2-4-20(13)31-16-9-10-18(25)19(26)12-16/h1-12H,(H,27,29,32)/b17-11+. The summed E-state index contributed by atoms with van der Waals surface area (Å²) >= 11 is 11.1. The van der Waals surface area contributed by atoms with E-state index in [-0.39, 0.29) is 22.2 Å².